The molecule has 33 heavy (non-hydrogen) atoms. The Kier molecular flexibility index (Phi) is 6.14. The van der Waals surface area contributed by atoms with Gasteiger partial charge in [-0.2, -0.15) is 0 Å². The largest absolute Gasteiger partial charge is 0.497 e. The number of carbonyl (C=O) groups excluding carboxylic acids is 1. The van der Waals surface area contributed by atoms with E-state index in [0.29, 0.717) is 13.0 Å². The molecule has 2 aromatic carbocycles. The van der Waals surface area contributed by atoms with Gasteiger partial charge >= 0.3 is 0 Å². The van der Waals surface area contributed by atoms with Gasteiger partial charge < -0.3 is 9.64 Å². The van der Waals surface area contributed by atoms with Gasteiger partial charge in [-0.15, -0.1) is 0 Å². The first kappa shape index (κ1) is 21.7. The quantitative estimate of drug-likeness (QED) is 0.568. The van der Waals surface area contributed by atoms with E-state index in [1.54, 1.807) is 13.3 Å². The molecule has 0 aliphatic carbocycles. The van der Waals surface area contributed by atoms with E-state index in [9.17, 15) is 4.79 Å². The molecule has 0 N–H and O–H groups in total. The summed E-state index contributed by atoms with van der Waals surface area (Å²) in [7, 11) is 1.69. The Hall–Kier alpha value is -3.18. The standard InChI is InChI=1S/C28H31N3O2/c1-33-25-12-10-22(11-13-25)20-30-17-14-28(23-7-3-2-4-8-23)15-18-31(27(32)19-26(28)30)21-24-9-5-6-16-29-24/h2-13,16,26H,14-15,17-21H2,1H3/t26-,28-/m0/s1. The van der Waals surface area contributed by atoms with Gasteiger partial charge in [0, 0.05) is 37.2 Å². The second kappa shape index (κ2) is 9.36. The van der Waals surface area contributed by atoms with Crippen molar-refractivity contribution in [2.24, 2.45) is 0 Å². The lowest BCUT2D eigenvalue weighted by Gasteiger charge is -2.37. The van der Waals surface area contributed by atoms with Gasteiger partial charge in [-0.1, -0.05) is 48.5 Å². The summed E-state index contributed by atoms with van der Waals surface area (Å²) in [6, 6.07) is 25.2. The molecule has 5 nitrogen and oxygen atoms in total. The van der Waals surface area contributed by atoms with Gasteiger partial charge in [0.05, 0.1) is 19.3 Å². The number of methoxy groups -OCH3 is 1. The van der Waals surface area contributed by atoms with Gasteiger partial charge in [-0.05, 0) is 54.8 Å². The number of hydrogen-bond donors (Lipinski definition) is 0. The molecule has 1 aromatic heterocycles. The number of nitrogens with zero attached hydrogens (tertiary/aromatic N) is 3. The summed E-state index contributed by atoms with van der Waals surface area (Å²) >= 11 is 0. The van der Waals surface area contributed by atoms with Crippen LogP contribution in [0, 0.1) is 0 Å². The Balaban J connectivity index is 1.43. The molecular weight excluding hydrogens is 410 g/mol. The second-order valence-corrected chi connectivity index (χ2v) is 9.20. The molecule has 170 valence electrons. The molecular formula is C28H31N3O2. The Bertz CT molecular complexity index is 1070. The first-order valence-corrected chi connectivity index (χ1v) is 11.8. The average molecular weight is 442 g/mol. The van der Waals surface area contributed by atoms with E-state index in [0.717, 1.165) is 43.9 Å². The molecule has 5 rings (SSSR count). The lowest BCUT2D eigenvalue weighted by molar-refractivity contribution is -0.132. The number of ether oxygens (including phenoxy) is 1. The first-order chi connectivity index (χ1) is 16.2. The molecule has 2 atom stereocenters. The number of rotatable bonds is 6. The molecule has 0 unspecified atom stereocenters. The highest BCUT2D eigenvalue weighted by Gasteiger charge is 2.50. The average Bonchev–Trinajstić information content (AvgIpc) is 3.13. The number of benzene rings is 2. The van der Waals surface area contributed by atoms with Gasteiger partial charge in [0.1, 0.15) is 5.75 Å². The predicted molar refractivity (Wildman–Crippen MR) is 129 cm³/mol. The Morgan fingerprint density at radius 2 is 1.70 bits per heavy atom. The number of fused-ring (bicyclic) bond motifs is 1. The number of aromatic nitrogens is 1. The highest BCUT2D eigenvalue weighted by atomic mass is 16.5. The molecule has 3 aromatic rings. The summed E-state index contributed by atoms with van der Waals surface area (Å²) in [4.78, 5) is 22.5. The third-order valence-corrected chi connectivity index (χ3v) is 7.44. The van der Waals surface area contributed by atoms with Gasteiger partial charge in [-0.25, -0.2) is 0 Å². The molecule has 2 saturated heterocycles. The molecule has 0 spiro atoms. The van der Waals surface area contributed by atoms with Crippen LogP contribution in [0.1, 0.15) is 36.1 Å². The summed E-state index contributed by atoms with van der Waals surface area (Å²) in [5, 5.41) is 0. The van der Waals surface area contributed by atoms with Crippen molar-refractivity contribution < 1.29 is 9.53 Å². The zero-order chi connectivity index (χ0) is 22.7. The minimum atomic E-state index is -0.0117. The molecule has 3 heterocycles. The maximum atomic E-state index is 13.5. The van der Waals surface area contributed by atoms with E-state index in [-0.39, 0.29) is 17.4 Å². The van der Waals surface area contributed by atoms with Crippen molar-refractivity contribution in [3.63, 3.8) is 0 Å². The highest BCUT2D eigenvalue weighted by Crippen LogP contribution is 2.46. The maximum absolute atomic E-state index is 13.5. The summed E-state index contributed by atoms with van der Waals surface area (Å²) in [5.74, 6) is 1.10. The summed E-state index contributed by atoms with van der Waals surface area (Å²) in [5.41, 5.74) is 3.55. The first-order valence-electron chi connectivity index (χ1n) is 11.8. The van der Waals surface area contributed by atoms with Crippen LogP contribution in [0.5, 0.6) is 5.75 Å². The third kappa shape index (κ3) is 4.38. The van der Waals surface area contributed by atoms with Crippen LogP contribution in [0.15, 0.2) is 79.0 Å². The topological polar surface area (TPSA) is 45.7 Å². The smallest absolute Gasteiger partial charge is 0.224 e. The van der Waals surface area contributed by atoms with Crippen molar-refractivity contribution in [1.82, 2.24) is 14.8 Å². The van der Waals surface area contributed by atoms with Crippen LogP contribution in [0.4, 0.5) is 0 Å². The molecule has 2 aliphatic rings. The van der Waals surface area contributed by atoms with Crippen LogP contribution in [-0.2, 0) is 23.3 Å². The van der Waals surface area contributed by atoms with E-state index in [2.05, 4.69) is 52.3 Å². The monoisotopic (exact) mass is 441 g/mol. The number of carbonyl (C=O) groups is 1. The van der Waals surface area contributed by atoms with Crippen LogP contribution < -0.4 is 4.74 Å². The lowest BCUT2D eigenvalue weighted by atomic mass is 9.71. The zero-order valence-electron chi connectivity index (χ0n) is 19.2. The van der Waals surface area contributed by atoms with E-state index in [1.165, 1.54) is 11.1 Å². The molecule has 1 amide bonds. The lowest BCUT2D eigenvalue weighted by Crippen LogP contribution is -2.43. The number of amides is 1. The summed E-state index contributed by atoms with van der Waals surface area (Å²) in [6.45, 7) is 3.18. The van der Waals surface area contributed by atoms with Crippen molar-refractivity contribution in [3.8, 4) is 5.75 Å². The van der Waals surface area contributed by atoms with Gasteiger partial charge in [0.15, 0.2) is 0 Å². The van der Waals surface area contributed by atoms with Crippen molar-refractivity contribution in [2.75, 3.05) is 20.2 Å². The van der Waals surface area contributed by atoms with Gasteiger partial charge in [-0.3, -0.25) is 14.7 Å². The third-order valence-electron chi connectivity index (χ3n) is 7.44. The molecule has 2 aliphatic heterocycles. The summed E-state index contributed by atoms with van der Waals surface area (Å²) < 4.78 is 5.32. The predicted octanol–water partition coefficient (Wildman–Crippen LogP) is 4.43. The Morgan fingerprint density at radius 3 is 2.42 bits per heavy atom. The number of hydrogen-bond acceptors (Lipinski definition) is 4. The summed E-state index contributed by atoms with van der Waals surface area (Å²) in [6.07, 6.45) is 4.38. The fourth-order valence-electron chi connectivity index (χ4n) is 5.65. The van der Waals surface area contributed by atoms with Crippen molar-refractivity contribution in [3.05, 3.63) is 95.8 Å². The van der Waals surface area contributed by atoms with E-state index in [1.807, 2.05) is 35.2 Å². The van der Waals surface area contributed by atoms with E-state index >= 15 is 0 Å². The molecule has 0 saturated carbocycles. The Morgan fingerprint density at radius 1 is 0.939 bits per heavy atom. The fourth-order valence-corrected chi connectivity index (χ4v) is 5.65. The minimum Gasteiger partial charge on any atom is -0.497 e. The van der Waals surface area contributed by atoms with E-state index < -0.39 is 0 Å². The Labute approximate surface area is 196 Å². The highest BCUT2D eigenvalue weighted by molar-refractivity contribution is 5.77. The van der Waals surface area contributed by atoms with Gasteiger partial charge in [0.2, 0.25) is 5.91 Å². The number of pyridine rings is 1. The molecule has 2 fully saturated rings. The van der Waals surface area contributed by atoms with Crippen molar-refractivity contribution in [1.29, 1.82) is 0 Å². The van der Waals surface area contributed by atoms with Crippen LogP contribution in [-0.4, -0.2) is 46.9 Å². The minimum absolute atomic E-state index is 0.0117. The van der Waals surface area contributed by atoms with Crippen LogP contribution in [0.25, 0.3) is 0 Å². The normalized spacial score (nSPS) is 23.2. The SMILES string of the molecule is COc1ccc(CN2CC[C@@]3(c4ccccc4)CCN(Cc4ccccn4)C(=O)C[C@H]23)cc1. The zero-order valence-corrected chi connectivity index (χ0v) is 19.2. The van der Waals surface area contributed by atoms with Crippen LogP contribution in [0.3, 0.4) is 0 Å². The van der Waals surface area contributed by atoms with Crippen LogP contribution >= 0.6 is 0 Å². The fraction of sp³-hybridized carbons (Fsp3) is 0.357. The second-order valence-electron chi connectivity index (χ2n) is 9.20. The number of likely N-dealkylation sites (tertiary alicyclic amines) is 2. The van der Waals surface area contributed by atoms with Crippen molar-refractivity contribution >= 4 is 5.91 Å². The van der Waals surface area contributed by atoms with Crippen molar-refractivity contribution in [2.45, 2.75) is 43.8 Å². The van der Waals surface area contributed by atoms with E-state index in [4.69, 9.17) is 4.74 Å². The van der Waals surface area contributed by atoms with Gasteiger partial charge in [0.25, 0.3) is 0 Å². The molecule has 0 bridgehead atoms. The molecule has 0 radical (unpaired) electrons. The maximum Gasteiger partial charge on any atom is 0.224 e. The molecule has 5 heteroatoms. The van der Waals surface area contributed by atoms with Crippen LogP contribution in [0.2, 0.25) is 0 Å².